The minimum Gasteiger partial charge on any atom is -0.497 e. The first-order valence-corrected chi connectivity index (χ1v) is 5.18. The van der Waals surface area contributed by atoms with Crippen molar-refractivity contribution >= 4 is 0 Å². The molecule has 0 aromatic heterocycles. The fraction of sp³-hybridized carbons (Fsp3) is 0.385. The topological polar surface area (TPSA) is 38.7 Å². The summed E-state index contributed by atoms with van der Waals surface area (Å²) in [7, 11) is 3.26. The molecule has 0 atom stereocenters. The predicted molar refractivity (Wildman–Crippen MR) is 64.1 cm³/mol. The fourth-order valence-electron chi connectivity index (χ4n) is 1.34. The summed E-state index contributed by atoms with van der Waals surface area (Å²) in [6.07, 6.45) is 2.76. The summed E-state index contributed by atoms with van der Waals surface area (Å²) in [6.45, 7) is 2.00. The van der Waals surface area contributed by atoms with E-state index >= 15 is 0 Å². The molecule has 3 nitrogen and oxygen atoms in total. The molecule has 88 valence electrons. The average molecular weight is 222 g/mol. The van der Waals surface area contributed by atoms with Crippen molar-refractivity contribution in [3.8, 4) is 11.5 Å². The Hall–Kier alpha value is -1.48. The van der Waals surface area contributed by atoms with Gasteiger partial charge in [-0.2, -0.15) is 0 Å². The Morgan fingerprint density at radius 1 is 1.19 bits per heavy atom. The van der Waals surface area contributed by atoms with Gasteiger partial charge in [-0.1, -0.05) is 11.6 Å². The van der Waals surface area contributed by atoms with E-state index < -0.39 is 0 Å². The van der Waals surface area contributed by atoms with Crippen LogP contribution in [-0.2, 0) is 6.42 Å². The van der Waals surface area contributed by atoms with E-state index in [4.69, 9.17) is 14.6 Å². The number of aliphatic hydroxyl groups is 1. The Morgan fingerprint density at radius 3 is 2.19 bits per heavy atom. The van der Waals surface area contributed by atoms with E-state index in [1.165, 1.54) is 0 Å². The van der Waals surface area contributed by atoms with Gasteiger partial charge in [0.05, 0.1) is 20.8 Å². The number of rotatable bonds is 5. The van der Waals surface area contributed by atoms with Gasteiger partial charge in [0.15, 0.2) is 0 Å². The molecule has 0 aliphatic rings. The zero-order valence-corrected chi connectivity index (χ0v) is 9.99. The van der Waals surface area contributed by atoms with Crippen LogP contribution in [0.15, 0.2) is 29.8 Å². The van der Waals surface area contributed by atoms with E-state index in [-0.39, 0.29) is 6.61 Å². The highest BCUT2D eigenvalue weighted by Gasteiger charge is 2.00. The summed E-state index contributed by atoms with van der Waals surface area (Å²) in [5, 5.41) is 8.90. The number of benzene rings is 1. The Balaban J connectivity index is 2.86. The minimum absolute atomic E-state index is 0.0983. The molecule has 0 radical (unpaired) electrons. The maximum Gasteiger partial charge on any atom is 0.122 e. The molecule has 0 fully saturated rings. The van der Waals surface area contributed by atoms with E-state index in [0.29, 0.717) is 0 Å². The van der Waals surface area contributed by atoms with Crippen LogP contribution < -0.4 is 9.47 Å². The van der Waals surface area contributed by atoms with E-state index in [1.807, 2.05) is 31.2 Å². The maximum atomic E-state index is 8.90. The molecular weight excluding hydrogens is 204 g/mol. The molecule has 1 N–H and O–H groups in total. The number of methoxy groups -OCH3 is 2. The third-order valence-corrected chi connectivity index (χ3v) is 2.35. The van der Waals surface area contributed by atoms with Gasteiger partial charge >= 0.3 is 0 Å². The monoisotopic (exact) mass is 222 g/mol. The van der Waals surface area contributed by atoms with Gasteiger partial charge in [-0.25, -0.2) is 0 Å². The van der Waals surface area contributed by atoms with Gasteiger partial charge in [-0.3, -0.25) is 0 Å². The molecule has 0 amide bonds. The van der Waals surface area contributed by atoms with E-state index in [0.717, 1.165) is 29.1 Å². The lowest BCUT2D eigenvalue weighted by atomic mass is 10.1. The number of ether oxygens (including phenoxy) is 2. The van der Waals surface area contributed by atoms with E-state index in [2.05, 4.69) is 0 Å². The molecule has 0 aliphatic carbocycles. The maximum absolute atomic E-state index is 8.90. The highest BCUT2D eigenvalue weighted by atomic mass is 16.5. The van der Waals surface area contributed by atoms with Crippen LogP contribution in [0.2, 0.25) is 0 Å². The number of hydrogen-bond donors (Lipinski definition) is 1. The molecule has 0 aliphatic heterocycles. The van der Waals surface area contributed by atoms with Crippen molar-refractivity contribution in [3.05, 3.63) is 35.4 Å². The van der Waals surface area contributed by atoms with Gasteiger partial charge in [0.1, 0.15) is 11.5 Å². The third kappa shape index (κ3) is 3.59. The van der Waals surface area contributed by atoms with Crippen LogP contribution in [0.5, 0.6) is 11.5 Å². The second kappa shape index (κ2) is 6.18. The molecule has 0 unspecified atom stereocenters. The normalized spacial score (nSPS) is 11.4. The Labute approximate surface area is 96.3 Å². The van der Waals surface area contributed by atoms with Crippen molar-refractivity contribution in [2.75, 3.05) is 20.8 Å². The lowest BCUT2D eigenvalue weighted by molar-refractivity contribution is 0.331. The third-order valence-electron chi connectivity index (χ3n) is 2.35. The molecule has 1 aromatic rings. The van der Waals surface area contributed by atoms with E-state index in [1.54, 1.807) is 14.2 Å². The standard InChI is InChI=1S/C13H18O3/c1-10(9-14)4-5-11-6-12(15-2)8-13(7-11)16-3/h4,6-8,14H,5,9H2,1-3H3/b10-4+. The zero-order valence-electron chi connectivity index (χ0n) is 9.99. The Kier molecular flexibility index (Phi) is 4.86. The van der Waals surface area contributed by atoms with Crippen molar-refractivity contribution in [3.63, 3.8) is 0 Å². The van der Waals surface area contributed by atoms with Crippen LogP contribution in [0.25, 0.3) is 0 Å². The summed E-state index contributed by atoms with van der Waals surface area (Å²) in [4.78, 5) is 0. The molecule has 1 aromatic carbocycles. The van der Waals surface area contributed by atoms with E-state index in [9.17, 15) is 0 Å². The van der Waals surface area contributed by atoms with Crippen molar-refractivity contribution in [1.29, 1.82) is 0 Å². The van der Waals surface area contributed by atoms with Gasteiger partial charge in [-0.05, 0) is 31.0 Å². The first-order valence-electron chi connectivity index (χ1n) is 5.18. The van der Waals surface area contributed by atoms with Crippen LogP contribution in [0.1, 0.15) is 12.5 Å². The van der Waals surface area contributed by atoms with Crippen molar-refractivity contribution in [2.24, 2.45) is 0 Å². The van der Waals surface area contributed by atoms with Crippen molar-refractivity contribution in [1.82, 2.24) is 0 Å². The summed E-state index contributed by atoms with van der Waals surface area (Å²) in [5.41, 5.74) is 2.06. The fourth-order valence-corrected chi connectivity index (χ4v) is 1.34. The van der Waals surface area contributed by atoms with Gasteiger partial charge in [-0.15, -0.1) is 0 Å². The highest BCUT2D eigenvalue weighted by Crippen LogP contribution is 2.23. The van der Waals surface area contributed by atoms with Gasteiger partial charge in [0.2, 0.25) is 0 Å². The summed E-state index contributed by atoms with van der Waals surface area (Å²) in [5.74, 6) is 1.56. The molecule has 0 saturated carbocycles. The van der Waals surface area contributed by atoms with Gasteiger partial charge in [0, 0.05) is 6.07 Å². The first kappa shape index (κ1) is 12.6. The van der Waals surface area contributed by atoms with Crippen LogP contribution in [-0.4, -0.2) is 25.9 Å². The van der Waals surface area contributed by atoms with Crippen molar-refractivity contribution in [2.45, 2.75) is 13.3 Å². The molecule has 0 spiro atoms. The highest BCUT2D eigenvalue weighted by molar-refractivity contribution is 5.39. The molecule has 1 rings (SSSR count). The van der Waals surface area contributed by atoms with Crippen LogP contribution >= 0.6 is 0 Å². The quantitative estimate of drug-likeness (QED) is 0.776. The first-order chi connectivity index (χ1) is 7.69. The molecule has 16 heavy (non-hydrogen) atoms. The Bertz CT molecular complexity index is 347. The van der Waals surface area contributed by atoms with Crippen LogP contribution in [0.4, 0.5) is 0 Å². The lowest BCUT2D eigenvalue weighted by Crippen LogP contribution is -1.92. The SMILES string of the molecule is COc1cc(C/C=C(\C)CO)cc(OC)c1. The molecule has 0 heterocycles. The molecular formula is C13H18O3. The van der Waals surface area contributed by atoms with Gasteiger partial charge in [0.25, 0.3) is 0 Å². The van der Waals surface area contributed by atoms with Crippen LogP contribution in [0, 0.1) is 0 Å². The summed E-state index contributed by atoms with van der Waals surface area (Å²) >= 11 is 0. The predicted octanol–water partition coefficient (Wildman–Crippen LogP) is 2.18. The van der Waals surface area contributed by atoms with Crippen molar-refractivity contribution < 1.29 is 14.6 Å². The number of hydrogen-bond acceptors (Lipinski definition) is 3. The number of aliphatic hydroxyl groups excluding tert-OH is 1. The smallest absolute Gasteiger partial charge is 0.122 e. The largest absolute Gasteiger partial charge is 0.497 e. The van der Waals surface area contributed by atoms with Gasteiger partial charge < -0.3 is 14.6 Å². The molecule has 0 saturated heterocycles. The lowest BCUT2D eigenvalue weighted by Gasteiger charge is -2.07. The molecule has 0 bridgehead atoms. The Morgan fingerprint density at radius 2 is 1.75 bits per heavy atom. The second-order valence-electron chi connectivity index (χ2n) is 3.63. The minimum atomic E-state index is 0.0983. The zero-order chi connectivity index (χ0) is 12.0. The summed E-state index contributed by atoms with van der Waals surface area (Å²) in [6, 6.07) is 5.76. The second-order valence-corrected chi connectivity index (χ2v) is 3.63. The average Bonchev–Trinajstić information content (AvgIpc) is 2.35. The summed E-state index contributed by atoms with van der Waals surface area (Å²) < 4.78 is 10.4. The molecule has 3 heteroatoms. The number of allylic oxidation sites excluding steroid dienone is 1. The van der Waals surface area contributed by atoms with Crippen LogP contribution in [0.3, 0.4) is 0 Å².